The smallest absolute Gasteiger partial charge is 0.339 e. The highest BCUT2D eigenvalue weighted by Crippen LogP contribution is 2.34. The van der Waals surface area contributed by atoms with Crippen LogP contribution in [0.15, 0.2) is 70.0 Å². The van der Waals surface area contributed by atoms with E-state index in [2.05, 4.69) is 0 Å². The Morgan fingerprint density at radius 2 is 1.91 bits per heavy atom. The van der Waals surface area contributed by atoms with Gasteiger partial charge in [0.2, 0.25) is 0 Å². The zero-order chi connectivity index (χ0) is 23.4. The van der Waals surface area contributed by atoms with Gasteiger partial charge in [-0.2, -0.15) is 0 Å². The first-order valence-corrected chi connectivity index (χ1v) is 11.1. The van der Waals surface area contributed by atoms with Crippen LogP contribution in [-0.4, -0.2) is 42.3 Å². The van der Waals surface area contributed by atoms with E-state index in [1.165, 1.54) is 13.2 Å². The van der Waals surface area contributed by atoms with Crippen LogP contribution in [0.3, 0.4) is 0 Å². The monoisotopic (exact) mass is 483 g/mol. The summed E-state index contributed by atoms with van der Waals surface area (Å²) in [7, 11) is 1.27. The predicted octanol–water partition coefficient (Wildman–Crippen LogP) is 5.50. The van der Waals surface area contributed by atoms with E-state index in [1.807, 2.05) is 18.2 Å². The molecule has 0 atom stereocenters. The quantitative estimate of drug-likeness (QED) is 0.324. The number of benzene rings is 2. The first-order chi connectivity index (χ1) is 16.0. The summed E-state index contributed by atoms with van der Waals surface area (Å²) in [6.07, 6.45) is 1.52. The van der Waals surface area contributed by atoms with Crippen LogP contribution in [0.2, 0.25) is 5.02 Å². The first kappa shape index (κ1) is 22.7. The third-order valence-electron chi connectivity index (χ3n) is 4.76. The van der Waals surface area contributed by atoms with Crippen LogP contribution in [0.25, 0.3) is 17.4 Å². The van der Waals surface area contributed by atoms with Crippen molar-refractivity contribution in [1.82, 2.24) is 4.90 Å². The van der Waals surface area contributed by atoms with Gasteiger partial charge < -0.3 is 13.9 Å². The lowest BCUT2D eigenvalue weighted by atomic mass is 10.1. The number of nitrogens with zero attached hydrogens (tertiary/aromatic N) is 1. The molecular weight excluding hydrogens is 466 g/mol. The van der Waals surface area contributed by atoms with E-state index in [4.69, 9.17) is 25.5 Å². The third kappa shape index (κ3) is 5.13. The topological polar surface area (TPSA) is 86.0 Å². The number of imide groups is 1. The third-order valence-corrected chi connectivity index (χ3v) is 5.99. The molecule has 0 spiro atoms. The number of methoxy groups -OCH3 is 1. The minimum absolute atomic E-state index is 0.140. The van der Waals surface area contributed by atoms with Crippen LogP contribution < -0.4 is 4.74 Å². The number of esters is 1. The minimum atomic E-state index is -0.557. The lowest BCUT2D eigenvalue weighted by molar-refractivity contribution is -0.123. The molecule has 2 heterocycles. The average Bonchev–Trinajstić information content (AvgIpc) is 3.39. The molecule has 0 unspecified atom stereocenters. The van der Waals surface area contributed by atoms with Crippen LogP contribution >= 0.6 is 23.4 Å². The zero-order valence-corrected chi connectivity index (χ0v) is 19.0. The molecule has 0 N–H and O–H groups in total. The summed E-state index contributed by atoms with van der Waals surface area (Å²) in [5, 5.41) is -0.0996. The van der Waals surface area contributed by atoms with Gasteiger partial charge in [0, 0.05) is 11.6 Å². The van der Waals surface area contributed by atoms with E-state index in [9.17, 15) is 14.4 Å². The van der Waals surface area contributed by atoms with Crippen molar-refractivity contribution in [3.63, 3.8) is 0 Å². The molecule has 3 aromatic rings. The molecule has 7 nitrogen and oxygen atoms in total. The van der Waals surface area contributed by atoms with Gasteiger partial charge in [0.15, 0.2) is 0 Å². The van der Waals surface area contributed by atoms with Crippen molar-refractivity contribution < 1.29 is 28.3 Å². The van der Waals surface area contributed by atoms with Crippen molar-refractivity contribution in [2.24, 2.45) is 0 Å². The molecule has 0 radical (unpaired) electrons. The number of hydrogen-bond donors (Lipinski definition) is 0. The molecule has 1 aromatic heterocycles. The molecule has 1 saturated heterocycles. The summed E-state index contributed by atoms with van der Waals surface area (Å²) < 4.78 is 16.1. The molecule has 2 aromatic carbocycles. The molecule has 0 aliphatic carbocycles. The van der Waals surface area contributed by atoms with Crippen LogP contribution in [-0.2, 0) is 9.53 Å². The van der Waals surface area contributed by atoms with E-state index in [-0.39, 0.29) is 33.9 Å². The Kier molecular flexibility index (Phi) is 6.86. The number of carbonyl (C=O) groups is 3. The number of hydrogen-bond acceptors (Lipinski definition) is 7. The second-order valence-corrected chi connectivity index (χ2v) is 8.28. The van der Waals surface area contributed by atoms with Gasteiger partial charge >= 0.3 is 5.97 Å². The Hall–Kier alpha value is -3.49. The lowest BCUT2D eigenvalue weighted by Gasteiger charge is -2.13. The Balaban J connectivity index is 1.45. The fourth-order valence-corrected chi connectivity index (χ4v) is 4.16. The summed E-state index contributed by atoms with van der Waals surface area (Å²) in [6, 6.07) is 17.4. The molecular formula is C24H18ClNO6S. The number of furan rings is 1. The van der Waals surface area contributed by atoms with Crippen molar-refractivity contribution in [1.29, 1.82) is 0 Å². The van der Waals surface area contributed by atoms with E-state index >= 15 is 0 Å². The second-order valence-electron chi connectivity index (χ2n) is 6.88. The van der Waals surface area contributed by atoms with Crippen molar-refractivity contribution >= 4 is 46.6 Å². The number of rotatable bonds is 7. The van der Waals surface area contributed by atoms with Gasteiger partial charge in [-0.15, -0.1) is 0 Å². The molecule has 1 fully saturated rings. The zero-order valence-electron chi connectivity index (χ0n) is 17.4. The van der Waals surface area contributed by atoms with E-state index < -0.39 is 11.9 Å². The Bertz CT molecular complexity index is 1240. The van der Waals surface area contributed by atoms with Crippen molar-refractivity contribution in [3.8, 4) is 17.1 Å². The molecule has 33 heavy (non-hydrogen) atoms. The molecule has 4 rings (SSSR count). The highest BCUT2D eigenvalue weighted by molar-refractivity contribution is 8.18. The molecule has 9 heteroatoms. The van der Waals surface area contributed by atoms with Gasteiger partial charge in [-0.25, -0.2) is 4.79 Å². The maximum Gasteiger partial charge on any atom is 0.339 e. The van der Waals surface area contributed by atoms with Crippen molar-refractivity contribution in [3.05, 3.63) is 81.9 Å². The Labute approximate surface area is 198 Å². The normalized spacial score (nSPS) is 14.7. The second kappa shape index (κ2) is 9.97. The van der Waals surface area contributed by atoms with Crippen LogP contribution in [0.5, 0.6) is 5.75 Å². The predicted molar refractivity (Wildman–Crippen MR) is 125 cm³/mol. The standard InChI is InChI=1S/C24H18ClNO6S/c1-30-23(28)18-13-15(7-9-19(18)25)20-10-8-17(32-20)14-21-22(27)26(24(29)33-21)11-12-31-16-5-3-2-4-6-16/h2-10,13-14H,11-12H2,1H3/b21-14-. The molecule has 1 aliphatic rings. The summed E-state index contributed by atoms with van der Waals surface area (Å²) in [5.41, 5.74) is 0.832. The van der Waals surface area contributed by atoms with Gasteiger partial charge in [0.25, 0.3) is 11.1 Å². The number of halogens is 1. The Morgan fingerprint density at radius 3 is 2.67 bits per heavy atom. The van der Waals surface area contributed by atoms with E-state index in [0.717, 1.165) is 16.7 Å². The first-order valence-electron chi connectivity index (χ1n) is 9.87. The molecule has 1 aliphatic heterocycles. The summed E-state index contributed by atoms with van der Waals surface area (Å²) in [5.74, 6) is 0.572. The van der Waals surface area contributed by atoms with Gasteiger partial charge in [0.1, 0.15) is 23.9 Å². The Morgan fingerprint density at radius 1 is 1.12 bits per heavy atom. The van der Waals surface area contributed by atoms with Crippen LogP contribution in [0, 0.1) is 0 Å². The molecule has 2 amide bonds. The molecule has 0 saturated carbocycles. The summed E-state index contributed by atoms with van der Waals surface area (Å²) in [4.78, 5) is 38.3. The number of para-hydroxylation sites is 1. The highest BCUT2D eigenvalue weighted by Gasteiger charge is 2.35. The van der Waals surface area contributed by atoms with Crippen molar-refractivity contribution in [2.75, 3.05) is 20.3 Å². The summed E-state index contributed by atoms with van der Waals surface area (Å²) in [6.45, 7) is 0.334. The fraction of sp³-hybridized carbons (Fsp3) is 0.125. The average molecular weight is 484 g/mol. The van der Waals surface area contributed by atoms with Crippen LogP contribution in [0.1, 0.15) is 16.1 Å². The number of thioether (sulfide) groups is 1. The van der Waals surface area contributed by atoms with Gasteiger partial charge in [-0.1, -0.05) is 29.8 Å². The lowest BCUT2D eigenvalue weighted by Crippen LogP contribution is -2.32. The van der Waals surface area contributed by atoms with Gasteiger partial charge in [-0.05, 0) is 54.2 Å². The molecule has 0 bridgehead atoms. The largest absolute Gasteiger partial charge is 0.492 e. The summed E-state index contributed by atoms with van der Waals surface area (Å²) >= 11 is 6.91. The number of amides is 2. The maximum absolute atomic E-state index is 12.7. The van der Waals surface area contributed by atoms with Gasteiger partial charge in [0.05, 0.1) is 29.1 Å². The van der Waals surface area contributed by atoms with E-state index in [1.54, 1.807) is 42.5 Å². The maximum atomic E-state index is 12.7. The minimum Gasteiger partial charge on any atom is -0.492 e. The number of carbonyl (C=O) groups excluding carboxylic acids is 3. The SMILES string of the molecule is COC(=O)c1cc(-c2ccc(/C=C3\SC(=O)N(CCOc4ccccc4)C3=O)o2)ccc1Cl. The highest BCUT2D eigenvalue weighted by atomic mass is 35.5. The van der Waals surface area contributed by atoms with Gasteiger partial charge in [-0.3, -0.25) is 14.5 Å². The molecule has 168 valence electrons. The van der Waals surface area contributed by atoms with Crippen LogP contribution in [0.4, 0.5) is 4.79 Å². The van der Waals surface area contributed by atoms with Crippen molar-refractivity contribution in [2.45, 2.75) is 0 Å². The van der Waals surface area contributed by atoms with E-state index in [0.29, 0.717) is 22.8 Å². The number of ether oxygens (including phenoxy) is 2. The fourth-order valence-electron chi connectivity index (χ4n) is 3.12.